The Bertz CT molecular complexity index is 384. The lowest BCUT2D eigenvalue weighted by atomic mass is 10.3. The molecule has 0 bridgehead atoms. The predicted molar refractivity (Wildman–Crippen MR) is 59.1 cm³/mol. The van der Waals surface area contributed by atoms with Gasteiger partial charge in [-0.1, -0.05) is 6.07 Å². The lowest BCUT2D eigenvalue weighted by Crippen LogP contribution is -1.98. The summed E-state index contributed by atoms with van der Waals surface area (Å²) >= 11 is 0. The zero-order chi connectivity index (χ0) is 11.1. The first-order chi connectivity index (χ1) is 7.27. The van der Waals surface area contributed by atoms with Crippen LogP contribution in [0.15, 0.2) is 29.2 Å². The van der Waals surface area contributed by atoms with Crippen molar-refractivity contribution in [1.82, 2.24) is 0 Å². The topological polar surface area (TPSA) is 50.1 Å². The number of rotatable bonds is 5. The normalized spacial score (nSPS) is 11.7. The van der Waals surface area contributed by atoms with Crippen LogP contribution in [-0.2, 0) is 10.8 Å². The Morgan fingerprint density at radius 3 is 3.00 bits per heavy atom. The average Bonchev–Trinajstić information content (AvgIpc) is 2.29. The molecule has 4 heteroatoms. The van der Waals surface area contributed by atoms with Crippen molar-refractivity contribution in [3.63, 3.8) is 0 Å². The highest BCUT2D eigenvalue weighted by Gasteiger charge is 2.04. The number of nitriles is 1. The number of unbranched alkanes of at least 4 members (excludes halogenated alkanes) is 1. The number of nitrogens with zero attached hydrogens (tertiary/aromatic N) is 1. The molecule has 0 saturated heterocycles. The van der Waals surface area contributed by atoms with E-state index in [1.54, 1.807) is 13.2 Å². The molecule has 0 fully saturated rings. The molecule has 1 atom stereocenters. The zero-order valence-corrected chi connectivity index (χ0v) is 9.42. The average molecular weight is 223 g/mol. The quantitative estimate of drug-likeness (QED) is 0.718. The molecule has 3 nitrogen and oxygen atoms in total. The molecule has 1 aromatic rings. The van der Waals surface area contributed by atoms with Gasteiger partial charge in [0.25, 0.3) is 0 Å². The molecular weight excluding hydrogens is 210 g/mol. The molecular formula is C11H13NO2S. The third-order valence-electron chi connectivity index (χ3n) is 1.92. The molecule has 0 radical (unpaired) electrons. The molecule has 0 N–H and O–H groups in total. The van der Waals surface area contributed by atoms with E-state index >= 15 is 0 Å². The first kappa shape index (κ1) is 11.7. The van der Waals surface area contributed by atoms with E-state index in [2.05, 4.69) is 0 Å². The Hall–Kier alpha value is -1.34. The van der Waals surface area contributed by atoms with Crippen molar-refractivity contribution in [1.29, 1.82) is 5.26 Å². The van der Waals surface area contributed by atoms with E-state index in [-0.39, 0.29) is 0 Å². The monoisotopic (exact) mass is 223 g/mol. The minimum Gasteiger partial charge on any atom is -0.497 e. The molecule has 0 amide bonds. The van der Waals surface area contributed by atoms with Crippen LogP contribution in [0.1, 0.15) is 12.8 Å². The molecule has 1 aromatic carbocycles. The lowest BCUT2D eigenvalue weighted by Gasteiger charge is -2.03. The summed E-state index contributed by atoms with van der Waals surface area (Å²) in [5.74, 6) is 1.24. The molecule has 0 spiro atoms. The van der Waals surface area contributed by atoms with Gasteiger partial charge in [-0.15, -0.1) is 0 Å². The van der Waals surface area contributed by atoms with Gasteiger partial charge in [0.05, 0.1) is 24.0 Å². The van der Waals surface area contributed by atoms with E-state index in [0.29, 0.717) is 24.3 Å². The minimum absolute atomic E-state index is 0.454. The van der Waals surface area contributed by atoms with Crippen LogP contribution in [0.3, 0.4) is 0 Å². The molecule has 0 aliphatic carbocycles. The van der Waals surface area contributed by atoms with Crippen LogP contribution in [0, 0.1) is 11.3 Å². The zero-order valence-electron chi connectivity index (χ0n) is 8.60. The summed E-state index contributed by atoms with van der Waals surface area (Å²) in [6.07, 6.45) is 1.12. The van der Waals surface area contributed by atoms with Crippen LogP contribution in [-0.4, -0.2) is 17.1 Å². The highest BCUT2D eigenvalue weighted by molar-refractivity contribution is 7.85. The molecule has 0 saturated carbocycles. The fourth-order valence-electron chi connectivity index (χ4n) is 1.14. The summed E-state index contributed by atoms with van der Waals surface area (Å²) in [6.45, 7) is 0. The van der Waals surface area contributed by atoms with Gasteiger partial charge in [0, 0.05) is 17.1 Å². The van der Waals surface area contributed by atoms with Gasteiger partial charge in [0.2, 0.25) is 0 Å². The minimum atomic E-state index is -1.03. The van der Waals surface area contributed by atoms with Gasteiger partial charge in [0.1, 0.15) is 5.75 Å². The molecule has 1 unspecified atom stereocenters. The second kappa shape index (κ2) is 6.20. The Morgan fingerprint density at radius 1 is 1.53 bits per heavy atom. The van der Waals surface area contributed by atoms with Crippen molar-refractivity contribution in [3.05, 3.63) is 24.3 Å². The van der Waals surface area contributed by atoms with Gasteiger partial charge in [0.15, 0.2) is 0 Å². The summed E-state index contributed by atoms with van der Waals surface area (Å²) in [6, 6.07) is 9.25. The van der Waals surface area contributed by atoms with Gasteiger partial charge in [-0.05, 0) is 24.6 Å². The van der Waals surface area contributed by atoms with Crippen molar-refractivity contribution in [2.24, 2.45) is 0 Å². The van der Waals surface area contributed by atoms with Crippen molar-refractivity contribution in [2.45, 2.75) is 17.7 Å². The predicted octanol–water partition coefficient (Wildman–Crippen LogP) is 2.11. The highest BCUT2D eigenvalue weighted by Crippen LogP contribution is 2.16. The molecule has 0 heterocycles. The number of ether oxygens (including phenoxy) is 1. The van der Waals surface area contributed by atoms with E-state index in [1.165, 1.54) is 0 Å². The Kier molecular flexibility index (Phi) is 4.85. The molecule has 0 aliphatic rings. The maximum atomic E-state index is 11.7. The second-order valence-corrected chi connectivity index (χ2v) is 4.56. The van der Waals surface area contributed by atoms with Gasteiger partial charge in [-0.25, -0.2) is 0 Å². The maximum absolute atomic E-state index is 11.7. The summed E-state index contributed by atoms with van der Waals surface area (Å²) < 4.78 is 16.8. The van der Waals surface area contributed by atoms with Gasteiger partial charge >= 0.3 is 0 Å². The smallest absolute Gasteiger partial charge is 0.120 e. The first-order valence-electron chi connectivity index (χ1n) is 4.67. The van der Waals surface area contributed by atoms with E-state index < -0.39 is 10.8 Å². The summed E-state index contributed by atoms with van der Waals surface area (Å²) in [5, 5.41) is 8.36. The van der Waals surface area contributed by atoms with E-state index in [1.807, 2.05) is 24.3 Å². The molecule has 0 aromatic heterocycles. The third-order valence-corrected chi connectivity index (χ3v) is 3.36. The lowest BCUT2D eigenvalue weighted by molar-refractivity contribution is 0.413. The van der Waals surface area contributed by atoms with Gasteiger partial charge in [-0.3, -0.25) is 4.21 Å². The van der Waals surface area contributed by atoms with Crippen molar-refractivity contribution < 1.29 is 8.95 Å². The van der Waals surface area contributed by atoms with Crippen LogP contribution >= 0.6 is 0 Å². The Morgan fingerprint density at radius 2 is 2.33 bits per heavy atom. The Labute approximate surface area is 92.1 Å². The Balaban J connectivity index is 2.61. The SMILES string of the molecule is COc1cccc(S(=O)CCCC#N)c1. The standard InChI is InChI=1S/C11H13NO2S/c1-14-10-5-4-6-11(9-10)15(13)8-3-2-7-12/h4-6,9H,2-3,8H2,1H3. The molecule has 1 rings (SSSR count). The fraction of sp³-hybridized carbons (Fsp3) is 0.364. The summed E-state index contributed by atoms with van der Waals surface area (Å²) in [5.41, 5.74) is 0. The third kappa shape index (κ3) is 3.72. The number of benzene rings is 1. The van der Waals surface area contributed by atoms with Crippen LogP contribution in [0.25, 0.3) is 0 Å². The van der Waals surface area contributed by atoms with E-state index in [0.717, 1.165) is 4.90 Å². The van der Waals surface area contributed by atoms with Crippen LogP contribution in [0.2, 0.25) is 0 Å². The number of methoxy groups -OCH3 is 1. The first-order valence-corrected chi connectivity index (χ1v) is 5.99. The van der Waals surface area contributed by atoms with E-state index in [9.17, 15) is 4.21 Å². The van der Waals surface area contributed by atoms with Crippen LogP contribution < -0.4 is 4.74 Å². The van der Waals surface area contributed by atoms with Crippen molar-refractivity contribution in [3.8, 4) is 11.8 Å². The molecule has 80 valence electrons. The summed E-state index contributed by atoms with van der Waals surface area (Å²) in [7, 11) is 0.553. The number of hydrogen-bond acceptors (Lipinski definition) is 3. The van der Waals surface area contributed by atoms with Crippen LogP contribution in [0.5, 0.6) is 5.75 Å². The molecule has 0 aliphatic heterocycles. The van der Waals surface area contributed by atoms with Gasteiger partial charge in [-0.2, -0.15) is 5.26 Å². The summed E-state index contributed by atoms with van der Waals surface area (Å²) in [4.78, 5) is 0.757. The van der Waals surface area contributed by atoms with Crippen LogP contribution in [0.4, 0.5) is 0 Å². The van der Waals surface area contributed by atoms with Crippen molar-refractivity contribution in [2.75, 3.05) is 12.9 Å². The number of hydrogen-bond donors (Lipinski definition) is 0. The highest BCUT2D eigenvalue weighted by atomic mass is 32.2. The van der Waals surface area contributed by atoms with Gasteiger partial charge < -0.3 is 4.74 Å². The molecule has 15 heavy (non-hydrogen) atoms. The maximum Gasteiger partial charge on any atom is 0.120 e. The second-order valence-electron chi connectivity index (χ2n) is 2.99. The van der Waals surface area contributed by atoms with E-state index in [4.69, 9.17) is 10.00 Å². The fourth-order valence-corrected chi connectivity index (χ4v) is 2.26. The largest absolute Gasteiger partial charge is 0.497 e. The van der Waals surface area contributed by atoms with Crippen molar-refractivity contribution >= 4 is 10.8 Å².